The van der Waals surface area contributed by atoms with Gasteiger partial charge >= 0.3 is 0 Å². The van der Waals surface area contributed by atoms with Gasteiger partial charge in [-0.15, -0.1) is 0 Å². The zero-order valence-electron chi connectivity index (χ0n) is 15.0. The van der Waals surface area contributed by atoms with E-state index in [0.29, 0.717) is 31.8 Å². The molecule has 2 rings (SSSR count). The number of benzene rings is 1. The molecule has 1 aromatic carbocycles. The third kappa shape index (κ3) is 5.81. The molecule has 2 amide bonds. The number of nitrogens with zero attached hydrogens (tertiary/aromatic N) is 2. The second kappa shape index (κ2) is 10.1. The van der Waals surface area contributed by atoms with Crippen LogP contribution < -0.4 is 15.4 Å². The summed E-state index contributed by atoms with van der Waals surface area (Å²) >= 11 is 0. The molecule has 1 aliphatic rings. The van der Waals surface area contributed by atoms with E-state index >= 15 is 0 Å². The summed E-state index contributed by atoms with van der Waals surface area (Å²) in [7, 11) is 0. The second-order valence-electron chi connectivity index (χ2n) is 5.87. The Bertz CT molecular complexity index is 692. The first-order valence-corrected chi connectivity index (χ1v) is 8.79. The second-order valence-corrected chi connectivity index (χ2v) is 5.87. The summed E-state index contributed by atoms with van der Waals surface area (Å²) in [6.45, 7) is 4.58. The van der Waals surface area contributed by atoms with Crippen LogP contribution in [0.4, 0.5) is 5.69 Å². The minimum Gasteiger partial charge on any atom is -0.494 e. The molecular weight excluding hydrogens is 332 g/mol. The van der Waals surface area contributed by atoms with Crippen LogP contribution in [0.2, 0.25) is 0 Å². The Kier molecular flexibility index (Phi) is 7.49. The van der Waals surface area contributed by atoms with Crippen LogP contribution in [0.3, 0.4) is 0 Å². The smallest absolute Gasteiger partial charge is 0.267 e. The summed E-state index contributed by atoms with van der Waals surface area (Å²) < 4.78 is 5.34. The molecule has 7 heteroatoms. The van der Waals surface area contributed by atoms with Gasteiger partial charge in [-0.05, 0) is 44.0 Å². The van der Waals surface area contributed by atoms with Crippen LogP contribution in [0.5, 0.6) is 5.75 Å². The first-order valence-electron chi connectivity index (χ1n) is 8.79. The molecule has 0 unspecified atom stereocenters. The molecule has 2 N–H and O–H groups in total. The number of rotatable bonds is 9. The van der Waals surface area contributed by atoms with Crippen LogP contribution in [-0.2, 0) is 9.59 Å². The average Bonchev–Trinajstić information content (AvgIpc) is 3.05. The fourth-order valence-corrected chi connectivity index (χ4v) is 2.63. The molecule has 0 aromatic heterocycles. The topological polar surface area (TPSA) is 94.5 Å². The normalized spacial score (nSPS) is 14.1. The number of amides is 2. The molecule has 0 aliphatic carbocycles. The first-order chi connectivity index (χ1) is 12.6. The van der Waals surface area contributed by atoms with Gasteiger partial charge in [-0.2, -0.15) is 5.26 Å². The number of nitrogens with one attached hydrogen (secondary N) is 2. The lowest BCUT2D eigenvalue weighted by Crippen LogP contribution is -2.27. The zero-order chi connectivity index (χ0) is 18.8. The van der Waals surface area contributed by atoms with Gasteiger partial charge in [-0.1, -0.05) is 0 Å². The number of ether oxygens (including phenoxy) is 1. The van der Waals surface area contributed by atoms with Crippen molar-refractivity contribution in [2.45, 2.75) is 26.2 Å². The Balaban J connectivity index is 1.77. The van der Waals surface area contributed by atoms with Crippen LogP contribution in [0.25, 0.3) is 0 Å². The van der Waals surface area contributed by atoms with Crippen molar-refractivity contribution in [3.8, 4) is 11.8 Å². The maximum absolute atomic E-state index is 12.1. The fourth-order valence-electron chi connectivity index (χ4n) is 2.63. The van der Waals surface area contributed by atoms with Crippen molar-refractivity contribution in [1.29, 1.82) is 5.26 Å². The molecule has 0 spiro atoms. The highest BCUT2D eigenvalue weighted by Gasteiger charge is 2.18. The van der Waals surface area contributed by atoms with Crippen molar-refractivity contribution in [1.82, 2.24) is 10.2 Å². The van der Waals surface area contributed by atoms with Crippen molar-refractivity contribution >= 4 is 17.5 Å². The first kappa shape index (κ1) is 19.3. The van der Waals surface area contributed by atoms with Crippen molar-refractivity contribution in [2.75, 3.05) is 31.6 Å². The number of anilines is 1. The number of carbonyl (C=O) groups excluding carboxylic acids is 2. The van der Waals surface area contributed by atoms with Gasteiger partial charge < -0.3 is 20.3 Å². The third-order valence-electron chi connectivity index (χ3n) is 3.96. The molecule has 26 heavy (non-hydrogen) atoms. The van der Waals surface area contributed by atoms with Crippen molar-refractivity contribution in [3.63, 3.8) is 0 Å². The average molecular weight is 356 g/mol. The third-order valence-corrected chi connectivity index (χ3v) is 3.96. The van der Waals surface area contributed by atoms with Crippen molar-refractivity contribution in [2.24, 2.45) is 0 Å². The predicted molar refractivity (Wildman–Crippen MR) is 98.4 cm³/mol. The number of hydrogen-bond donors (Lipinski definition) is 2. The van der Waals surface area contributed by atoms with E-state index in [1.54, 1.807) is 24.3 Å². The summed E-state index contributed by atoms with van der Waals surface area (Å²) in [6.07, 6.45) is 3.74. The lowest BCUT2D eigenvalue weighted by atomic mass is 10.2. The van der Waals surface area contributed by atoms with Crippen LogP contribution in [-0.4, -0.2) is 43.0 Å². The molecular formula is C19H24N4O3. The minimum absolute atomic E-state index is 0.00358. The van der Waals surface area contributed by atoms with Gasteiger partial charge in [0.25, 0.3) is 5.91 Å². The monoisotopic (exact) mass is 356 g/mol. The van der Waals surface area contributed by atoms with Crippen LogP contribution in [0.15, 0.2) is 36.0 Å². The van der Waals surface area contributed by atoms with E-state index in [9.17, 15) is 9.59 Å². The Hall–Kier alpha value is -3.01. The van der Waals surface area contributed by atoms with Gasteiger partial charge in [-0.3, -0.25) is 9.59 Å². The maximum atomic E-state index is 12.1. The molecule has 1 saturated heterocycles. The van der Waals surface area contributed by atoms with Gasteiger partial charge in [0.15, 0.2) is 0 Å². The van der Waals surface area contributed by atoms with E-state index < -0.39 is 5.91 Å². The predicted octanol–water partition coefficient (Wildman–Crippen LogP) is 2.03. The Morgan fingerprint density at radius 1 is 1.38 bits per heavy atom. The van der Waals surface area contributed by atoms with E-state index in [4.69, 9.17) is 10.00 Å². The van der Waals surface area contributed by atoms with Gasteiger partial charge in [0.1, 0.15) is 17.4 Å². The highest BCUT2D eigenvalue weighted by atomic mass is 16.5. The van der Waals surface area contributed by atoms with E-state index in [-0.39, 0.29) is 11.5 Å². The van der Waals surface area contributed by atoms with Crippen LogP contribution in [0, 0.1) is 11.3 Å². The fraction of sp³-hybridized carbons (Fsp3) is 0.421. The maximum Gasteiger partial charge on any atom is 0.267 e. The lowest BCUT2D eigenvalue weighted by molar-refractivity contribution is -0.127. The largest absolute Gasteiger partial charge is 0.494 e. The summed E-state index contributed by atoms with van der Waals surface area (Å²) in [4.78, 5) is 25.5. The van der Waals surface area contributed by atoms with Crippen LogP contribution in [0.1, 0.15) is 26.2 Å². The number of likely N-dealkylation sites (tertiary alicyclic amines) is 1. The number of nitriles is 1. The molecule has 0 atom stereocenters. The Morgan fingerprint density at radius 2 is 2.15 bits per heavy atom. The van der Waals surface area contributed by atoms with Crippen molar-refractivity contribution < 1.29 is 14.3 Å². The van der Waals surface area contributed by atoms with E-state index in [1.165, 1.54) is 6.20 Å². The minimum atomic E-state index is -0.473. The lowest BCUT2D eigenvalue weighted by Gasteiger charge is -2.14. The molecule has 0 bridgehead atoms. The Labute approximate surface area is 153 Å². The summed E-state index contributed by atoms with van der Waals surface area (Å²) in [5.41, 5.74) is 0.586. The molecule has 1 fully saturated rings. The van der Waals surface area contributed by atoms with Gasteiger partial charge in [0.2, 0.25) is 5.91 Å². The molecule has 7 nitrogen and oxygen atoms in total. The number of hydrogen-bond acceptors (Lipinski definition) is 5. The summed E-state index contributed by atoms with van der Waals surface area (Å²) in [5.74, 6) is 0.451. The van der Waals surface area contributed by atoms with E-state index in [2.05, 4.69) is 10.6 Å². The van der Waals surface area contributed by atoms with Gasteiger partial charge in [0, 0.05) is 37.9 Å². The molecule has 138 valence electrons. The molecule has 0 saturated carbocycles. The van der Waals surface area contributed by atoms with Gasteiger partial charge in [0.05, 0.1) is 6.61 Å². The van der Waals surface area contributed by atoms with Crippen molar-refractivity contribution in [3.05, 3.63) is 36.0 Å². The molecule has 1 aromatic rings. The van der Waals surface area contributed by atoms with E-state index in [1.807, 2.05) is 17.9 Å². The highest BCUT2D eigenvalue weighted by molar-refractivity contribution is 6.06. The molecule has 0 radical (unpaired) electrons. The standard InChI is InChI=1S/C19H24N4O3/c1-2-26-17-8-6-16(7-9-17)22-19(25)15(13-20)14-21-10-4-12-23-11-3-5-18(23)24/h6-9,14,21H,2-5,10-12H2,1H3,(H,22,25)/b15-14-. The molecule has 1 aliphatic heterocycles. The quantitative estimate of drug-likeness (QED) is 0.401. The zero-order valence-corrected chi connectivity index (χ0v) is 15.0. The summed E-state index contributed by atoms with van der Waals surface area (Å²) in [6, 6.07) is 8.84. The SMILES string of the molecule is CCOc1ccc(NC(=O)/C(C#N)=C\NCCCN2CCCC2=O)cc1. The summed E-state index contributed by atoms with van der Waals surface area (Å²) in [5, 5.41) is 14.8. The number of carbonyl (C=O) groups is 2. The Morgan fingerprint density at radius 3 is 2.77 bits per heavy atom. The molecule has 1 heterocycles. The van der Waals surface area contributed by atoms with Crippen LogP contribution >= 0.6 is 0 Å². The highest BCUT2D eigenvalue weighted by Crippen LogP contribution is 2.16. The van der Waals surface area contributed by atoms with E-state index in [0.717, 1.165) is 25.1 Å². The van der Waals surface area contributed by atoms with Gasteiger partial charge in [-0.25, -0.2) is 0 Å².